The van der Waals surface area contributed by atoms with Crippen molar-refractivity contribution in [1.29, 1.82) is 0 Å². The smallest absolute Gasteiger partial charge is 0.496 e. The lowest BCUT2D eigenvalue weighted by Crippen LogP contribution is -2.24. The minimum absolute atomic E-state index is 0.00637. The van der Waals surface area contributed by atoms with E-state index in [-0.39, 0.29) is 17.4 Å². The van der Waals surface area contributed by atoms with Crippen molar-refractivity contribution < 1.29 is 22.6 Å². The van der Waals surface area contributed by atoms with Crippen molar-refractivity contribution in [3.63, 3.8) is 0 Å². The Morgan fingerprint density at radius 2 is 1.72 bits per heavy atom. The van der Waals surface area contributed by atoms with Crippen molar-refractivity contribution >= 4 is 11.6 Å². The highest BCUT2D eigenvalue weighted by Crippen LogP contribution is 2.29. The molecule has 25 heavy (non-hydrogen) atoms. The molecule has 0 unspecified atom stereocenters. The zero-order valence-electron chi connectivity index (χ0n) is 13.5. The Hall–Kier alpha value is -2.90. The van der Waals surface area contributed by atoms with Gasteiger partial charge in [-0.15, -0.1) is 13.2 Å². The normalized spacial score (nSPS) is 11.9. The number of nitrogens with two attached hydrogens (primary N) is 1. The van der Waals surface area contributed by atoms with Crippen LogP contribution in [0.25, 0.3) is 0 Å². The van der Waals surface area contributed by atoms with Crippen molar-refractivity contribution in [3.05, 3.63) is 54.1 Å². The third-order valence-electron chi connectivity index (χ3n) is 3.23. The van der Waals surface area contributed by atoms with Crippen molar-refractivity contribution in [2.75, 3.05) is 19.0 Å². The highest BCUT2D eigenvalue weighted by molar-refractivity contribution is 5.93. The number of rotatable bonds is 6. The first kappa shape index (κ1) is 18.4. The minimum atomic E-state index is -4.78. The highest BCUT2D eigenvalue weighted by atomic mass is 19.4. The number of nitrogens with one attached hydrogen (secondary N) is 1. The quantitative estimate of drug-likeness (QED) is 0.615. The molecule has 0 heterocycles. The van der Waals surface area contributed by atoms with Crippen LogP contribution in [-0.2, 0) is 6.42 Å². The van der Waals surface area contributed by atoms with Crippen LogP contribution >= 0.6 is 0 Å². The van der Waals surface area contributed by atoms with E-state index in [1.54, 1.807) is 13.2 Å². The van der Waals surface area contributed by atoms with E-state index in [1.807, 2.05) is 24.3 Å². The maximum Gasteiger partial charge on any atom is 0.573 e. The summed E-state index contributed by atoms with van der Waals surface area (Å²) in [5.41, 5.74) is 6.79. The third-order valence-corrected chi connectivity index (χ3v) is 3.23. The van der Waals surface area contributed by atoms with Gasteiger partial charge in [-0.25, -0.2) is 0 Å². The van der Waals surface area contributed by atoms with Crippen molar-refractivity contribution in [3.8, 4) is 11.5 Å². The van der Waals surface area contributed by atoms with Gasteiger partial charge in [-0.2, -0.15) is 0 Å². The molecule has 8 heteroatoms. The molecule has 0 bridgehead atoms. The molecule has 0 saturated carbocycles. The SMILES string of the molecule is COc1ccccc1CCN=C(N)Nc1ccccc1OC(F)(F)F. The number of methoxy groups -OCH3 is 1. The summed E-state index contributed by atoms with van der Waals surface area (Å²) in [5, 5.41) is 2.62. The van der Waals surface area contributed by atoms with E-state index in [0.29, 0.717) is 13.0 Å². The molecule has 0 aliphatic rings. The maximum absolute atomic E-state index is 12.4. The molecule has 0 aromatic heterocycles. The third kappa shape index (κ3) is 5.91. The monoisotopic (exact) mass is 353 g/mol. The van der Waals surface area contributed by atoms with E-state index < -0.39 is 6.36 Å². The molecule has 0 radical (unpaired) electrons. The number of hydrogen-bond acceptors (Lipinski definition) is 3. The van der Waals surface area contributed by atoms with Crippen molar-refractivity contribution in [1.82, 2.24) is 0 Å². The highest BCUT2D eigenvalue weighted by Gasteiger charge is 2.32. The molecule has 2 aromatic rings. The first-order valence-electron chi connectivity index (χ1n) is 7.42. The second-order valence-corrected chi connectivity index (χ2v) is 5.00. The van der Waals surface area contributed by atoms with Crippen LogP contribution < -0.4 is 20.5 Å². The number of alkyl halides is 3. The van der Waals surface area contributed by atoms with Gasteiger partial charge < -0.3 is 20.5 Å². The topological polar surface area (TPSA) is 68.9 Å². The number of halogens is 3. The summed E-state index contributed by atoms with van der Waals surface area (Å²) in [4.78, 5) is 4.12. The fourth-order valence-electron chi connectivity index (χ4n) is 2.17. The van der Waals surface area contributed by atoms with Crippen molar-refractivity contribution in [2.24, 2.45) is 10.7 Å². The number of ether oxygens (including phenoxy) is 2. The average Bonchev–Trinajstić information content (AvgIpc) is 2.56. The van der Waals surface area contributed by atoms with Gasteiger partial charge in [-0.05, 0) is 30.2 Å². The number of guanidine groups is 1. The number of hydrogen-bond donors (Lipinski definition) is 2. The lowest BCUT2D eigenvalue weighted by molar-refractivity contribution is -0.274. The summed E-state index contributed by atoms with van der Waals surface area (Å²) in [6, 6.07) is 13.1. The summed E-state index contributed by atoms with van der Waals surface area (Å²) in [7, 11) is 1.58. The number of anilines is 1. The van der Waals surface area contributed by atoms with Gasteiger partial charge in [0.1, 0.15) is 5.75 Å². The van der Waals surface area contributed by atoms with E-state index in [2.05, 4.69) is 15.0 Å². The number of para-hydroxylation sites is 3. The van der Waals surface area contributed by atoms with Gasteiger partial charge >= 0.3 is 6.36 Å². The van der Waals surface area contributed by atoms with Crippen LogP contribution in [0.1, 0.15) is 5.56 Å². The number of nitrogens with zero attached hydrogens (tertiary/aromatic N) is 1. The molecule has 0 saturated heterocycles. The standard InChI is InChI=1S/C17H18F3N3O2/c1-24-14-8-4-2-6-12(14)10-11-22-16(21)23-13-7-3-5-9-15(13)25-17(18,19)20/h2-9H,10-11H2,1H3,(H3,21,22,23). The lowest BCUT2D eigenvalue weighted by Gasteiger charge is -2.14. The molecule has 0 amide bonds. The van der Waals surface area contributed by atoms with Gasteiger partial charge in [0.25, 0.3) is 0 Å². The van der Waals surface area contributed by atoms with Crippen LogP contribution in [0, 0.1) is 0 Å². The lowest BCUT2D eigenvalue weighted by atomic mass is 10.1. The largest absolute Gasteiger partial charge is 0.573 e. The van der Waals surface area contributed by atoms with E-state index in [0.717, 1.165) is 11.3 Å². The fourth-order valence-corrected chi connectivity index (χ4v) is 2.17. The Labute approximate surface area is 143 Å². The van der Waals surface area contributed by atoms with Crippen LogP contribution in [0.3, 0.4) is 0 Å². The van der Waals surface area contributed by atoms with E-state index in [1.165, 1.54) is 18.2 Å². The van der Waals surface area contributed by atoms with Crippen LogP contribution in [0.15, 0.2) is 53.5 Å². The molecule has 0 aliphatic heterocycles. The van der Waals surface area contributed by atoms with Gasteiger partial charge in [-0.1, -0.05) is 30.3 Å². The Balaban J connectivity index is 2.00. The van der Waals surface area contributed by atoms with Gasteiger partial charge in [-0.3, -0.25) is 4.99 Å². The Morgan fingerprint density at radius 1 is 1.08 bits per heavy atom. The summed E-state index contributed by atoms with van der Waals surface area (Å²) in [5.74, 6) is 0.360. The zero-order chi connectivity index (χ0) is 18.3. The predicted molar refractivity (Wildman–Crippen MR) is 89.9 cm³/mol. The van der Waals surface area contributed by atoms with Crippen molar-refractivity contribution in [2.45, 2.75) is 12.8 Å². The molecule has 0 aliphatic carbocycles. The van der Waals surface area contributed by atoms with Crippen LogP contribution in [-0.4, -0.2) is 26.0 Å². The molecule has 3 N–H and O–H groups in total. The number of aliphatic imine (C=N–C) groups is 1. The Morgan fingerprint density at radius 3 is 2.40 bits per heavy atom. The van der Waals surface area contributed by atoms with E-state index in [9.17, 15) is 13.2 Å². The molecule has 0 atom stereocenters. The second-order valence-electron chi connectivity index (χ2n) is 5.00. The van der Waals surface area contributed by atoms with Gasteiger partial charge in [0.2, 0.25) is 0 Å². The summed E-state index contributed by atoms with van der Waals surface area (Å²) >= 11 is 0. The summed E-state index contributed by atoms with van der Waals surface area (Å²) in [6.07, 6.45) is -4.21. The molecule has 0 fully saturated rings. The molecule has 2 rings (SSSR count). The molecule has 5 nitrogen and oxygen atoms in total. The van der Waals surface area contributed by atoms with E-state index >= 15 is 0 Å². The van der Waals surface area contributed by atoms with Crippen LogP contribution in [0.4, 0.5) is 18.9 Å². The summed E-state index contributed by atoms with van der Waals surface area (Å²) in [6.45, 7) is 0.349. The van der Waals surface area contributed by atoms with Gasteiger partial charge in [0.05, 0.1) is 12.8 Å². The van der Waals surface area contributed by atoms with E-state index in [4.69, 9.17) is 10.5 Å². The molecule has 2 aromatic carbocycles. The number of benzene rings is 2. The Bertz CT molecular complexity index is 733. The van der Waals surface area contributed by atoms with Gasteiger partial charge in [0.15, 0.2) is 11.7 Å². The molecular formula is C17H18F3N3O2. The first-order valence-corrected chi connectivity index (χ1v) is 7.42. The first-order chi connectivity index (χ1) is 11.9. The predicted octanol–water partition coefficient (Wildman–Crippen LogP) is 3.56. The molecular weight excluding hydrogens is 335 g/mol. The molecule has 0 spiro atoms. The molecule has 134 valence electrons. The van der Waals surface area contributed by atoms with Gasteiger partial charge in [0, 0.05) is 6.54 Å². The Kier molecular flexibility index (Phi) is 6.10. The van der Waals surface area contributed by atoms with Crippen LogP contribution in [0.5, 0.6) is 11.5 Å². The van der Waals surface area contributed by atoms with Crippen LogP contribution in [0.2, 0.25) is 0 Å². The zero-order valence-corrected chi connectivity index (χ0v) is 13.5. The minimum Gasteiger partial charge on any atom is -0.496 e. The fraction of sp³-hybridized carbons (Fsp3) is 0.235. The maximum atomic E-state index is 12.4. The summed E-state index contributed by atoms with van der Waals surface area (Å²) < 4.78 is 46.4. The second kappa shape index (κ2) is 8.27. The average molecular weight is 353 g/mol.